The van der Waals surface area contributed by atoms with E-state index in [1.54, 1.807) is 31.3 Å². The number of fused-ring (bicyclic) bond motifs is 1. The fraction of sp³-hybridized carbons (Fsp3) is 0.364. The lowest BCUT2D eigenvalue weighted by atomic mass is 10.2. The van der Waals surface area contributed by atoms with Crippen LogP contribution in [0.5, 0.6) is 17.2 Å². The summed E-state index contributed by atoms with van der Waals surface area (Å²) < 4.78 is 17.4. The molecule has 1 amide bonds. The molecule has 30 heavy (non-hydrogen) atoms. The molecule has 7 nitrogen and oxygen atoms in total. The highest BCUT2D eigenvalue weighted by Gasteiger charge is 2.22. The number of hydrogen-bond donors (Lipinski definition) is 0. The Balaban J connectivity index is 1.85. The smallest absolute Gasteiger partial charge is 0.266 e. The molecule has 0 unspecified atom stereocenters. The summed E-state index contributed by atoms with van der Waals surface area (Å²) in [4.78, 5) is 21.5. The van der Waals surface area contributed by atoms with Gasteiger partial charge in [-0.25, -0.2) is 4.98 Å². The highest BCUT2D eigenvalue weighted by Crippen LogP contribution is 2.36. The van der Waals surface area contributed by atoms with Gasteiger partial charge in [0.05, 0.1) is 18.9 Å². The normalized spacial score (nSPS) is 11.0. The molecular weight excluding hydrogens is 402 g/mol. The topological polar surface area (TPSA) is 64.1 Å². The third kappa shape index (κ3) is 5.01. The summed E-state index contributed by atoms with van der Waals surface area (Å²) in [6, 6.07) is 11.1. The number of methoxy groups -OCH3 is 2. The molecule has 3 rings (SSSR count). The Morgan fingerprint density at radius 2 is 1.83 bits per heavy atom. The number of amides is 1. The zero-order chi connectivity index (χ0) is 21.7. The van der Waals surface area contributed by atoms with Gasteiger partial charge >= 0.3 is 0 Å². The van der Waals surface area contributed by atoms with Crippen LogP contribution in [0.4, 0.5) is 5.13 Å². The second kappa shape index (κ2) is 9.77. The van der Waals surface area contributed by atoms with Crippen molar-refractivity contribution in [2.45, 2.75) is 6.92 Å². The maximum atomic E-state index is 13.1. The van der Waals surface area contributed by atoms with Crippen LogP contribution in [0.3, 0.4) is 0 Å². The van der Waals surface area contributed by atoms with E-state index in [0.29, 0.717) is 35.5 Å². The van der Waals surface area contributed by atoms with Gasteiger partial charge in [0, 0.05) is 19.2 Å². The van der Waals surface area contributed by atoms with Crippen molar-refractivity contribution >= 4 is 32.6 Å². The van der Waals surface area contributed by atoms with Gasteiger partial charge in [0.1, 0.15) is 22.8 Å². The van der Waals surface area contributed by atoms with Gasteiger partial charge in [-0.05, 0) is 44.8 Å². The van der Waals surface area contributed by atoms with Crippen molar-refractivity contribution in [3.05, 3.63) is 42.0 Å². The first-order valence-corrected chi connectivity index (χ1v) is 10.4. The first-order chi connectivity index (χ1) is 14.4. The van der Waals surface area contributed by atoms with E-state index in [1.807, 2.05) is 50.2 Å². The number of rotatable bonds is 9. The molecule has 8 heteroatoms. The van der Waals surface area contributed by atoms with E-state index in [-0.39, 0.29) is 12.5 Å². The average Bonchev–Trinajstić information content (AvgIpc) is 3.18. The Bertz CT molecular complexity index is 1020. The van der Waals surface area contributed by atoms with Crippen molar-refractivity contribution < 1.29 is 19.0 Å². The Hall–Kier alpha value is -2.84. The largest absolute Gasteiger partial charge is 0.497 e. The number of aromatic nitrogens is 1. The van der Waals surface area contributed by atoms with Crippen LogP contribution >= 0.6 is 11.3 Å². The summed E-state index contributed by atoms with van der Waals surface area (Å²) in [7, 11) is 7.17. The van der Waals surface area contributed by atoms with Crippen molar-refractivity contribution in [3.63, 3.8) is 0 Å². The third-order valence-electron chi connectivity index (χ3n) is 4.62. The first kappa shape index (κ1) is 21.9. The number of likely N-dealkylation sites (N-methyl/N-ethyl adjacent to an activating group) is 1. The molecule has 0 spiro atoms. The van der Waals surface area contributed by atoms with Gasteiger partial charge in [-0.2, -0.15) is 0 Å². The van der Waals surface area contributed by atoms with Crippen molar-refractivity contribution in [2.75, 3.05) is 52.9 Å². The van der Waals surface area contributed by atoms with E-state index < -0.39 is 0 Å². The number of aryl methyl sites for hydroxylation is 1. The van der Waals surface area contributed by atoms with Crippen LogP contribution in [-0.4, -0.2) is 63.8 Å². The standard InChI is InChI=1S/C22H27N3O4S/c1-15-9-10-18(28-5)20-21(15)30-22(23-20)25(12-11-24(2)3)19(26)14-29-17-8-6-7-16(13-17)27-4/h6-10,13H,11-12,14H2,1-5H3. The summed E-state index contributed by atoms with van der Waals surface area (Å²) in [6.07, 6.45) is 0. The Morgan fingerprint density at radius 1 is 1.07 bits per heavy atom. The summed E-state index contributed by atoms with van der Waals surface area (Å²) >= 11 is 1.49. The van der Waals surface area contributed by atoms with Crippen molar-refractivity contribution in [2.24, 2.45) is 0 Å². The van der Waals surface area contributed by atoms with E-state index in [9.17, 15) is 4.79 Å². The summed E-state index contributed by atoms with van der Waals surface area (Å²) in [6.45, 7) is 3.15. The second-order valence-corrected chi connectivity index (χ2v) is 8.05. The molecule has 0 aliphatic rings. The van der Waals surface area contributed by atoms with Gasteiger partial charge < -0.3 is 19.1 Å². The van der Waals surface area contributed by atoms with Gasteiger partial charge in [0.2, 0.25) is 0 Å². The molecule has 1 aromatic heterocycles. The number of carbonyl (C=O) groups excluding carboxylic acids is 1. The Morgan fingerprint density at radius 3 is 2.53 bits per heavy atom. The van der Waals surface area contributed by atoms with E-state index >= 15 is 0 Å². The number of benzene rings is 2. The van der Waals surface area contributed by atoms with E-state index in [1.165, 1.54) is 11.3 Å². The molecule has 2 aromatic carbocycles. The average molecular weight is 430 g/mol. The minimum Gasteiger partial charge on any atom is -0.497 e. The van der Waals surface area contributed by atoms with Crippen LogP contribution < -0.4 is 19.1 Å². The molecule has 0 bridgehead atoms. The first-order valence-electron chi connectivity index (χ1n) is 9.59. The van der Waals surface area contributed by atoms with Crippen molar-refractivity contribution in [3.8, 4) is 17.2 Å². The number of carbonyl (C=O) groups is 1. The number of anilines is 1. The Labute approximate surface area is 180 Å². The summed E-state index contributed by atoms with van der Waals surface area (Å²) in [5, 5.41) is 0.638. The molecule has 160 valence electrons. The molecule has 0 aliphatic heterocycles. The lowest BCUT2D eigenvalue weighted by Crippen LogP contribution is -2.39. The van der Waals surface area contributed by atoms with Crippen LogP contribution in [0.1, 0.15) is 5.56 Å². The van der Waals surface area contributed by atoms with Gasteiger partial charge in [-0.1, -0.05) is 23.5 Å². The van der Waals surface area contributed by atoms with Crippen molar-refractivity contribution in [1.82, 2.24) is 9.88 Å². The third-order valence-corrected chi connectivity index (χ3v) is 5.83. The van der Waals surface area contributed by atoms with Gasteiger partial charge in [-0.15, -0.1) is 0 Å². The number of ether oxygens (including phenoxy) is 3. The van der Waals surface area contributed by atoms with Crippen LogP contribution in [-0.2, 0) is 4.79 Å². The predicted molar refractivity (Wildman–Crippen MR) is 120 cm³/mol. The fourth-order valence-corrected chi connectivity index (χ4v) is 4.01. The zero-order valence-electron chi connectivity index (χ0n) is 18.0. The summed E-state index contributed by atoms with van der Waals surface area (Å²) in [5.74, 6) is 1.80. The summed E-state index contributed by atoms with van der Waals surface area (Å²) in [5.41, 5.74) is 1.87. The van der Waals surface area contributed by atoms with Gasteiger partial charge in [-0.3, -0.25) is 9.69 Å². The van der Waals surface area contributed by atoms with E-state index in [4.69, 9.17) is 19.2 Å². The lowest BCUT2D eigenvalue weighted by molar-refractivity contribution is -0.120. The van der Waals surface area contributed by atoms with Crippen LogP contribution in [0.25, 0.3) is 10.2 Å². The predicted octanol–water partition coefficient (Wildman–Crippen LogP) is 3.60. The molecule has 0 atom stereocenters. The number of hydrogen-bond acceptors (Lipinski definition) is 7. The van der Waals surface area contributed by atoms with Crippen molar-refractivity contribution in [1.29, 1.82) is 0 Å². The zero-order valence-corrected chi connectivity index (χ0v) is 18.8. The highest BCUT2D eigenvalue weighted by atomic mass is 32.1. The Kier molecular flexibility index (Phi) is 7.12. The molecule has 1 heterocycles. The van der Waals surface area contributed by atoms with E-state index in [0.717, 1.165) is 15.8 Å². The fourth-order valence-electron chi connectivity index (χ4n) is 2.92. The molecule has 0 saturated carbocycles. The molecule has 0 N–H and O–H groups in total. The van der Waals surface area contributed by atoms with Gasteiger partial charge in [0.25, 0.3) is 5.91 Å². The second-order valence-electron chi connectivity index (χ2n) is 7.08. The number of nitrogens with zero attached hydrogens (tertiary/aromatic N) is 3. The van der Waals surface area contributed by atoms with E-state index in [2.05, 4.69) is 0 Å². The molecule has 0 fully saturated rings. The molecule has 0 saturated heterocycles. The molecule has 0 aliphatic carbocycles. The minimum atomic E-state index is -0.157. The van der Waals surface area contributed by atoms with Crippen LogP contribution in [0.2, 0.25) is 0 Å². The lowest BCUT2D eigenvalue weighted by Gasteiger charge is -2.22. The molecule has 0 radical (unpaired) electrons. The number of thiazole rings is 1. The molecule has 3 aromatic rings. The quantitative estimate of drug-likeness (QED) is 0.518. The maximum absolute atomic E-state index is 13.1. The van der Waals surface area contributed by atoms with Gasteiger partial charge in [0.15, 0.2) is 11.7 Å². The maximum Gasteiger partial charge on any atom is 0.266 e. The minimum absolute atomic E-state index is 0.0906. The van der Waals surface area contributed by atoms with Crippen LogP contribution in [0, 0.1) is 6.92 Å². The SMILES string of the molecule is COc1cccc(OCC(=O)N(CCN(C)C)c2nc3c(OC)ccc(C)c3s2)c1. The highest BCUT2D eigenvalue weighted by molar-refractivity contribution is 7.22. The monoisotopic (exact) mass is 429 g/mol. The van der Waals surface area contributed by atoms with Crippen LogP contribution in [0.15, 0.2) is 36.4 Å². The molecular formula is C22H27N3O4S.